The second kappa shape index (κ2) is 5.68. The van der Waals surface area contributed by atoms with Crippen molar-refractivity contribution >= 4 is 29.3 Å². The standard InChI is InChI=1S/C18H19N3O4/c1-9-5-6-11(19-10-3-2-4-10)15-14(9)17(24)21(18(15)25)12-7-8-13(22)20-16(12)23/h5-6,10,12,19H,2-4,7-8H2,1H3,(H,20,22,23). The minimum Gasteiger partial charge on any atom is -0.382 e. The fourth-order valence-electron chi connectivity index (χ4n) is 3.64. The summed E-state index contributed by atoms with van der Waals surface area (Å²) in [5.74, 6) is -1.87. The lowest BCUT2D eigenvalue weighted by Gasteiger charge is -2.29. The molecule has 1 atom stereocenters. The van der Waals surface area contributed by atoms with Crippen molar-refractivity contribution in [1.29, 1.82) is 0 Å². The van der Waals surface area contributed by atoms with Gasteiger partial charge in [-0.3, -0.25) is 29.4 Å². The van der Waals surface area contributed by atoms with Gasteiger partial charge in [-0.05, 0) is 44.2 Å². The fourth-order valence-corrected chi connectivity index (χ4v) is 3.64. The number of nitrogens with zero attached hydrogens (tertiary/aromatic N) is 1. The maximum absolute atomic E-state index is 13.0. The summed E-state index contributed by atoms with van der Waals surface area (Å²) >= 11 is 0. The monoisotopic (exact) mass is 341 g/mol. The lowest BCUT2D eigenvalue weighted by molar-refractivity contribution is -0.136. The molecule has 2 aliphatic heterocycles. The smallest absolute Gasteiger partial charge is 0.264 e. The number of imide groups is 2. The summed E-state index contributed by atoms with van der Waals surface area (Å²) in [5.41, 5.74) is 2.07. The molecule has 0 radical (unpaired) electrons. The Bertz CT molecular complexity index is 813. The van der Waals surface area contributed by atoms with E-state index >= 15 is 0 Å². The number of fused-ring (bicyclic) bond motifs is 1. The minimum absolute atomic E-state index is 0.121. The van der Waals surface area contributed by atoms with Crippen LogP contribution >= 0.6 is 0 Å². The summed E-state index contributed by atoms with van der Waals surface area (Å²) in [6, 6.07) is 3.03. The number of amides is 4. The average Bonchev–Trinajstić information content (AvgIpc) is 2.78. The Balaban J connectivity index is 1.71. The van der Waals surface area contributed by atoms with E-state index in [4.69, 9.17) is 0 Å². The Hall–Kier alpha value is -2.70. The third-order valence-corrected chi connectivity index (χ3v) is 5.27. The van der Waals surface area contributed by atoms with E-state index in [1.807, 2.05) is 12.1 Å². The highest BCUT2D eigenvalue weighted by atomic mass is 16.2. The van der Waals surface area contributed by atoms with Crippen molar-refractivity contribution in [2.45, 2.75) is 51.1 Å². The van der Waals surface area contributed by atoms with Crippen LogP contribution in [-0.4, -0.2) is 40.6 Å². The highest BCUT2D eigenvalue weighted by Crippen LogP contribution is 2.36. The molecular weight excluding hydrogens is 322 g/mol. The zero-order valence-corrected chi connectivity index (χ0v) is 13.9. The molecule has 1 aliphatic carbocycles. The van der Waals surface area contributed by atoms with Gasteiger partial charge in [-0.2, -0.15) is 0 Å². The van der Waals surface area contributed by atoms with Gasteiger partial charge in [0.15, 0.2) is 0 Å². The second-order valence-corrected chi connectivity index (χ2v) is 6.90. The summed E-state index contributed by atoms with van der Waals surface area (Å²) in [5, 5.41) is 5.56. The van der Waals surface area contributed by atoms with E-state index in [0.717, 1.165) is 24.2 Å². The Labute approximate surface area is 144 Å². The normalized spacial score (nSPS) is 23.4. The van der Waals surface area contributed by atoms with Crippen molar-refractivity contribution in [1.82, 2.24) is 10.2 Å². The van der Waals surface area contributed by atoms with Crippen molar-refractivity contribution in [3.63, 3.8) is 0 Å². The van der Waals surface area contributed by atoms with Gasteiger partial charge < -0.3 is 5.32 Å². The molecule has 2 N–H and O–H groups in total. The lowest BCUT2D eigenvalue weighted by Crippen LogP contribution is -2.54. The molecule has 0 spiro atoms. The van der Waals surface area contributed by atoms with E-state index < -0.39 is 23.8 Å². The van der Waals surface area contributed by atoms with Crippen molar-refractivity contribution in [2.24, 2.45) is 0 Å². The van der Waals surface area contributed by atoms with Gasteiger partial charge in [-0.1, -0.05) is 6.07 Å². The highest BCUT2D eigenvalue weighted by molar-refractivity contribution is 6.26. The molecule has 1 saturated heterocycles. The van der Waals surface area contributed by atoms with Gasteiger partial charge in [0.1, 0.15) is 6.04 Å². The number of aryl methyl sites for hydroxylation is 1. The molecule has 1 saturated carbocycles. The van der Waals surface area contributed by atoms with E-state index in [-0.39, 0.29) is 18.7 Å². The zero-order chi connectivity index (χ0) is 17.7. The number of rotatable bonds is 3. The van der Waals surface area contributed by atoms with Crippen LogP contribution in [0.4, 0.5) is 5.69 Å². The number of hydrogen-bond donors (Lipinski definition) is 2. The van der Waals surface area contributed by atoms with E-state index in [1.165, 1.54) is 0 Å². The van der Waals surface area contributed by atoms with Crippen molar-refractivity contribution < 1.29 is 19.2 Å². The molecule has 0 bridgehead atoms. The Morgan fingerprint density at radius 2 is 1.76 bits per heavy atom. The summed E-state index contributed by atoms with van der Waals surface area (Å²) in [7, 11) is 0. The summed E-state index contributed by atoms with van der Waals surface area (Å²) in [4.78, 5) is 50.4. The average molecular weight is 341 g/mol. The Kier molecular flexibility index (Phi) is 3.59. The van der Waals surface area contributed by atoms with E-state index in [2.05, 4.69) is 10.6 Å². The van der Waals surface area contributed by atoms with E-state index in [9.17, 15) is 19.2 Å². The van der Waals surface area contributed by atoms with E-state index in [0.29, 0.717) is 28.4 Å². The second-order valence-electron chi connectivity index (χ2n) is 6.90. The van der Waals surface area contributed by atoms with Crippen LogP contribution in [-0.2, 0) is 9.59 Å². The molecule has 130 valence electrons. The first-order valence-corrected chi connectivity index (χ1v) is 8.59. The molecular formula is C18H19N3O4. The Morgan fingerprint density at radius 1 is 1.04 bits per heavy atom. The first kappa shape index (κ1) is 15.8. The van der Waals surface area contributed by atoms with Crippen LogP contribution < -0.4 is 10.6 Å². The lowest BCUT2D eigenvalue weighted by atomic mass is 9.92. The van der Waals surface area contributed by atoms with Gasteiger partial charge in [0.25, 0.3) is 11.8 Å². The number of anilines is 1. The fraction of sp³-hybridized carbons (Fsp3) is 0.444. The minimum atomic E-state index is -0.930. The molecule has 1 unspecified atom stereocenters. The zero-order valence-electron chi connectivity index (χ0n) is 13.9. The first-order valence-electron chi connectivity index (χ1n) is 8.59. The summed E-state index contributed by atoms with van der Waals surface area (Å²) < 4.78 is 0. The topological polar surface area (TPSA) is 95.6 Å². The predicted molar refractivity (Wildman–Crippen MR) is 89.1 cm³/mol. The molecule has 2 heterocycles. The molecule has 2 fully saturated rings. The largest absolute Gasteiger partial charge is 0.382 e. The Morgan fingerprint density at radius 3 is 2.40 bits per heavy atom. The van der Waals surface area contributed by atoms with Gasteiger partial charge in [0.2, 0.25) is 11.8 Å². The number of piperidine rings is 1. The molecule has 1 aromatic rings. The molecule has 7 nitrogen and oxygen atoms in total. The maximum atomic E-state index is 13.0. The summed E-state index contributed by atoms with van der Waals surface area (Å²) in [6.07, 6.45) is 3.53. The SMILES string of the molecule is Cc1ccc(NC2CCC2)c2c1C(=O)N(C1CCC(=O)NC1=O)C2=O. The van der Waals surface area contributed by atoms with Gasteiger partial charge in [0.05, 0.1) is 11.1 Å². The molecule has 7 heteroatoms. The van der Waals surface area contributed by atoms with Crippen LogP contribution in [0.3, 0.4) is 0 Å². The summed E-state index contributed by atoms with van der Waals surface area (Å²) in [6.45, 7) is 1.78. The quantitative estimate of drug-likeness (QED) is 0.810. The third-order valence-electron chi connectivity index (χ3n) is 5.27. The number of hydrogen-bond acceptors (Lipinski definition) is 5. The van der Waals surface area contributed by atoms with Gasteiger partial charge >= 0.3 is 0 Å². The van der Waals surface area contributed by atoms with Crippen LogP contribution in [0.1, 0.15) is 58.4 Å². The van der Waals surface area contributed by atoms with Gasteiger partial charge in [-0.25, -0.2) is 0 Å². The van der Waals surface area contributed by atoms with Crippen LogP contribution in [0.25, 0.3) is 0 Å². The molecule has 3 aliphatic rings. The number of carbonyl (C=O) groups is 4. The first-order chi connectivity index (χ1) is 12.0. The maximum Gasteiger partial charge on any atom is 0.264 e. The van der Waals surface area contributed by atoms with Crippen molar-refractivity contribution in [2.75, 3.05) is 5.32 Å². The predicted octanol–water partition coefficient (Wildman–Crippen LogP) is 1.36. The highest BCUT2D eigenvalue weighted by Gasteiger charge is 2.46. The van der Waals surface area contributed by atoms with E-state index in [1.54, 1.807) is 6.92 Å². The third kappa shape index (κ3) is 2.42. The number of benzene rings is 1. The molecule has 1 aromatic carbocycles. The van der Waals surface area contributed by atoms with Crippen LogP contribution in [0.5, 0.6) is 0 Å². The number of nitrogens with one attached hydrogen (secondary N) is 2. The van der Waals surface area contributed by atoms with Crippen LogP contribution in [0.2, 0.25) is 0 Å². The van der Waals surface area contributed by atoms with Crippen LogP contribution in [0.15, 0.2) is 12.1 Å². The van der Waals surface area contributed by atoms with Crippen LogP contribution in [0, 0.1) is 6.92 Å². The molecule has 0 aromatic heterocycles. The van der Waals surface area contributed by atoms with Gasteiger partial charge in [-0.15, -0.1) is 0 Å². The van der Waals surface area contributed by atoms with Gasteiger partial charge in [0, 0.05) is 18.2 Å². The molecule has 4 amide bonds. The molecule has 4 rings (SSSR count). The molecule has 25 heavy (non-hydrogen) atoms. The van der Waals surface area contributed by atoms with Crippen molar-refractivity contribution in [3.8, 4) is 0 Å². The van der Waals surface area contributed by atoms with Crippen molar-refractivity contribution in [3.05, 3.63) is 28.8 Å². The number of carbonyl (C=O) groups excluding carboxylic acids is 4.